The monoisotopic (exact) mass is 514 g/mol. The van der Waals surface area contributed by atoms with Crippen molar-refractivity contribution in [1.82, 2.24) is 19.8 Å². The Kier molecular flexibility index (Phi) is 9.11. The van der Waals surface area contributed by atoms with Crippen LogP contribution in [0.1, 0.15) is 37.7 Å². The largest absolute Gasteiger partial charge is 0.494 e. The number of carbonyl (C=O) groups is 1. The molecular weight excluding hydrogens is 480 g/mol. The molecule has 0 saturated carbocycles. The first-order valence-electron chi connectivity index (χ1n) is 12.9. The Morgan fingerprint density at radius 3 is 2.39 bits per heavy atom. The van der Waals surface area contributed by atoms with Crippen molar-refractivity contribution in [3.63, 3.8) is 0 Å². The second-order valence-corrected chi connectivity index (χ2v) is 8.81. The van der Waals surface area contributed by atoms with Crippen LogP contribution in [0.25, 0.3) is 16.6 Å². The first-order chi connectivity index (χ1) is 18.6. The van der Waals surface area contributed by atoms with Crippen LogP contribution in [0.15, 0.2) is 83.7 Å². The highest BCUT2D eigenvalue weighted by atomic mass is 16.5. The van der Waals surface area contributed by atoms with Crippen LogP contribution in [-0.4, -0.2) is 47.4 Å². The number of nitrogens with zero attached hydrogens (tertiary/aromatic N) is 3. The molecule has 1 aromatic heterocycles. The molecule has 0 bridgehead atoms. The van der Waals surface area contributed by atoms with E-state index in [2.05, 4.69) is 5.32 Å². The molecule has 0 saturated heterocycles. The molecule has 0 aliphatic rings. The van der Waals surface area contributed by atoms with E-state index >= 15 is 0 Å². The predicted octanol–water partition coefficient (Wildman–Crippen LogP) is 5.09. The number of urea groups is 1. The lowest BCUT2D eigenvalue weighted by Crippen LogP contribution is -2.45. The number of rotatable bonds is 11. The van der Waals surface area contributed by atoms with Crippen LogP contribution in [0.5, 0.6) is 5.75 Å². The van der Waals surface area contributed by atoms with Gasteiger partial charge in [0.2, 0.25) is 0 Å². The van der Waals surface area contributed by atoms with Gasteiger partial charge in [0.1, 0.15) is 11.6 Å². The Balaban J connectivity index is 1.79. The minimum atomic E-state index is -0.482. The fourth-order valence-corrected chi connectivity index (χ4v) is 4.49. The molecular formula is C30H34N4O4. The van der Waals surface area contributed by atoms with Crippen LogP contribution in [0.4, 0.5) is 4.79 Å². The number of hydrogen-bond donors (Lipinski definition) is 1. The summed E-state index contributed by atoms with van der Waals surface area (Å²) in [5.41, 5.74) is 2.05. The molecule has 0 aliphatic heterocycles. The Hall–Kier alpha value is -4.17. The lowest BCUT2D eigenvalue weighted by molar-refractivity contribution is 0.124. The lowest BCUT2D eigenvalue weighted by Gasteiger charge is -2.32. The first-order valence-corrected chi connectivity index (χ1v) is 12.9. The topological polar surface area (TPSA) is 85.7 Å². The van der Waals surface area contributed by atoms with Crippen molar-refractivity contribution < 1.29 is 14.3 Å². The third-order valence-electron chi connectivity index (χ3n) is 6.35. The third-order valence-corrected chi connectivity index (χ3v) is 6.35. The Morgan fingerprint density at radius 2 is 1.71 bits per heavy atom. The molecule has 0 fully saturated rings. The van der Waals surface area contributed by atoms with Gasteiger partial charge >= 0.3 is 6.03 Å². The fraction of sp³-hybridized carbons (Fsp3) is 0.300. The lowest BCUT2D eigenvalue weighted by atomic mass is 10.1. The highest BCUT2D eigenvalue weighted by Crippen LogP contribution is 2.27. The van der Waals surface area contributed by atoms with Gasteiger partial charge in [0.15, 0.2) is 0 Å². The molecule has 198 valence electrons. The molecule has 38 heavy (non-hydrogen) atoms. The molecule has 8 heteroatoms. The zero-order valence-corrected chi connectivity index (χ0v) is 22.1. The molecule has 1 atom stereocenters. The van der Waals surface area contributed by atoms with E-state index in [4.69, 9.17) is 14.5 Å². The van der Waals surface area contributed by atoms with Gasteiger partial charge in [0.25, 0.3) is 5.56 Å². The fourth-order valence-electron chi connectivity index (χ4n) is 4.49. The van der Waals surface area contributed by atoms with Gasteiger partial charge in [-0.1, -0.05) is 49.4 Å². The number of methoxy groups -OCH3 is 1. The number of fused-ring (bicyclic) bond motifs is 1. The number of nitrogens with one attached hydrogen (secondary N) is 1. The Labute approximate surface area is 222 Å². The summed E-state index contributed by atoms with van der Waals surface area (Å²) in [4.78, 5) is 34.0. The van der Waals surface area contributed by atoms with E-state index in [1.807, 2.05) is 86.6 Å². The normalized spacial score (nSPS) is 11.8. The van der Waals surface area contributed by atoms with Crippen molar-refractivity contribution in [2.24, 2.45) is 0 Å². The van der Waals surface area contributed by atoms with E-state index in [9.17, 15) is 9.59 Å². The van der Waals surface area contributed by atoms with Gasteiger partial charge in [0, 0.05) is 20.2 Å². The summed E-state index contributed by atoms with van der Waals surface area (Å²) in [5, 5.41) is 3.54. The standard InChI is InChI=1S/C30H34N4O4/c1-4-27(33(19-20-37-3)30(36)31-21-22-11-7-6-8-12-22)28-32-26-14-10-9-13-25(26)29(35)34(28)23-15-17-24(18-16-23)38-5-2/h6-18,27H,4-5,19-21H2,1-3H3,(H,31,36). The van der Waals surface area contributed by atoms with E-state index in [1.54, 1.807) is 22.6 Å². The van der Waals surface area contributed by atoms with Gasteiger partial charge in [-0.15, -0.1) is 0 Å². The number of ether oxygens (including phenoxy) is 2. The van der Waals surface area contributed by atoms with Crippen molar-refractivity contribution in [1.29, 1.82) is 0 Å². The molecule has 1 heterocycles. The zero-order valence-electron chi connectivity index (χ0n) is 22.1. The third kappa shape index (κ3) is 6.03. The number of aromatic nitrogens is 2. The van der Waals surface area contributed by atoms with E-state index in [0.717, 1.165) is 5.56 Å². The predicted molar refractivity (Wildman–Crippen MR) is 149 cm³/mol. The maximum absolute atomic E-state index is 13.8. The molecule has 4 aromatic rings. The highest BCUT2D eigenvalue weighted by molar-refractivity contribution is 5.78. The van der Waals surface area contributed by atoms with Gasteiger partial charge in [-0.3, -0.25) is 9.36 Å². The maximum Gasteiger partial charge on any atom is 0.318 e. The molecule has 1 unspecified atom stereocenters. The van der Waals surface area contributed by atoms with Crippen LogP contribution in [0.2, 0.25) is 0 Å². The zero-order chi connectivity index (χ0) is 26.9. The van der Waals surface area contributed by atoms with Gasteiger partial charge < -0.3 is 19.7 Å². The van der Waals surface area contributed by atoms with Crippen LogP contribution >= 0.6 is 0 Å². The van der Waals surface area contributed by atoms with Crippen molar-refractivity contribution in [2.75, 3.05) is 26.9 Å². The van der Waals surface area contributed by atoms with Gasteiger partial charge in [-0.05, 0) is 55.3 Å². The number of benzene rings is 3. The maximum atomic E-state index is 13.8. The van der Waals surface area contributed by atoms with E-state index in [1.165, 1.54) is 0 Å². The van der Waals surface area contributed by atoms with Gasteiger partial charge in [-0.25, -0.2) is 9.78 Å². The average Bonchev–Trinajstić information content (AvgIpc) is 2.95. The molecule has 0 aliphatic carbocycles. The molecule has 4 rings (SSSR count). The minimum absolute atomic E-state index is 0.190. The van der Waals surface area contributed by atoms with Crippen LogP contribution < -0.4 is 15.6 Å². The minimum Gasteiger partial charge on any atom is -0.494 e. The number of carbonyl (C=O) groups excluding carboxylic acids is 1. The van der Waals surface area contributed by atoms with Crippen LogP contribution in [0.3, 0.4) is 0 Å². The van der Waals surface area contributed by atoms with E-state index in [0.29, 0.717) is 60.9 Å². The van der Waals surface area contributed by atoms with Crippen LogP contribution in [0, 0.1) is 0 Å². The molecule has 0 radical (unpaired) electrons. The Bertz CT molecular complexity index is 1400. The summed E-state index contributed by atoms with van der Waals surface area (Å²) in [6, 6.07) is 23.6. The summed E-state index contributed by atoms with van der Waals surface area (Å²) < 4.78 is 12.5. The quantitative estimate of drug-likeness (QED) is 0.301. The second kappa shape index (κ2) is 12.9. The smallest absolute Gasteiger partial charge is 0.318 e. The van der Waals surface area contributed by atoms with Crippen molar-refractivity contribution in [3.8, 4) is 11.4 Å². The summed E-state index contributed by atoms with van der Waals surface area (Å²) in [5.74, 6) is 1.21. The second-order valence-electron chi connectivity index (χ2n) is 8.81. The van der Waals surface area contributed by atoms with Gasteiger partial charge in [-0.2, -0.15) is 0 Å². The van der Waals surface area contributed by atoms with Crippen molar-refractivity contribution >= 4 is 16.9 Å². The summed E-state index contributed by atoms with van der Waals surface area (Å²) >= 11 is 0. The van der Waals surface area contributed by atoms with Crippen LogP contribution in [-0.2, 0) is 11.3 Å². The summed E-state index contributed by atoms with van der Waals surface area (Å²) in [6.07, 6.45) is 0.546. The first kappa shape index (κ1) is 26.9. The highest BCUT2D eigenvalue weighted by Gasteiger charge is 2.29. The van der Waals surface area contributed by atoms with Crippen molar-refractivity contribution in [3.05, 3.63) is 101 Å². The molecule has 0 spiro atoms. The van der Waals surface area contributed by atoms with E-state index in [-0.39, 0.29) is 11.6 Å². The van der Waals surface area contributed by atoms with Gasteiger partial charge in [0.05, 0.1) is 35.8 Å². The van der Waals surface area contributed by atoms with Crippen molar-refractivity contribution in [2.45, 2.75) is 32.9 Å². The Morgan fingerprint density at radius 1 is 1.00 bits per heavy atom. The average molecular weight is 515 g/mol. The molecule has 1 N–H and O–H groups in total. The molecule has 8 nitrogen and oxygen atoms in total. The number of para-hydroxylation sites is 1. The van der Waals surface area contributed by atoms with E-state index < -0.39 is 6.04 Å². The molecule has 2 amide bonds. The number of amides is 2. The number of hydrogen-bond acceptors (Lipinski definition) is 5. The summed E-state index contributed by atoms with van der Waals surface area (Å²) in [7, 11) is 1.60. The summed E-state index contributed by atoms with van der Waals surface area (Å²) in [6.45, 7) is 5.52. The SMILES string of the molecule is CCOc1ccc(-n2c(C(CC)N(CCOC)C(=O)NCc3ccccc3)nc3ccccc3c2=O)cc1. The molecule has 3 aromatic carbocycles.